The molecule has 0 saturated carbocycles. The maximum Gasteiger partial charge on any atom is 0.242 e. The molecule has 3 rings (SSSR count). The molecule has 0 spiro atoms. The number of thiophene rings is 1. The quantitative estimate of drug-likeness (QED) is 0.490. The number of nitrogens with one attached hydrogen (secondary N) is 2. The monoisotopic (exact) mass is 462 g/mol. The van der Waals surface area contributed by atoms with Gasteiger partial charge in [0.1, 0.15) is 4.90 Å². The molecule has 1 heterocycles. The molecule has 5 nitrogen and oxygen atoms in total. The number of carbonyl (C=O) groups excluding carboxylic acids is 1. The molecule has 2 aromatic carbocycles. The van der Waals surface area contributed by atoms with Crippen molar-refractivity contribution in [3.8, 4) is 0 Å². The fraction of sp³-hybridized carbons (Fsp3) is 0.227. The second kappa shape index (κ2) is 10.2. The van der Waals surface area contributed by atoms with E-state index in [-0.39, 0.29) is 34.8 Å². The smallest absolute Gasteiger partial charge is 0.242 e. The number of aryl methyl sites for hydroxylation is 1. The zero-order chi connectivity index (χ0) is 21.6. The number of carbonyl (C=O) groups is 1. The van der Waals surface area contributed by atoms with Crippen molar-refractivity contribution in [3.63, 3.8) is 0 Å². The summed E-state index contributed by atoms with van der Waals surface area (Å²) in [4.78, 5) is 13.6. The largest absolute Gasteiger partial charge is 0.344 e. The Hall–Kier alpha value is -2.19. The van der Waals surface area contributed by atoms with Crippen molar-refractivity contribution in [2.45, 2.75) is 30.7 Å². The van der Waals surface area contributed by atoms with Crippen molar-refractivity contribution in [3.05, 3.63) is 87.1 Å². The third-order valence-corrected chi connectivity index (χ3v) is 7.52. The van der Waals surface area contributed by atoms with E-state index in [1.165, 1.54) is 17.7 Å². The van der Waals surface area contributed by atoms with Gasteiger partial charge in [0.25, 0.3) is 0 Å². The van der Waals surface area contributed by atoms with Gasteiger partial charge in [0, 0.05) is 17.8 Å². The van der Waals surface area contributed by atoms with Gasteiger partial charge in [-0.05, 0) is 41.1 Å². The highest BCUT2D eigenvalue weighted by molar-refractivity contribution is 7.89. The fourth-order valence-electron chi connectivity index (χ4n) is 2.99. The highest BCUT2D eigenvalue weighted by Crippen LogP contribution is 2.26. The SMILES string of the molecule is CCc1ccc(C(NC(=O)CCNS(=O)(=O)c2ccccc2Cl)c2cccs2)cc1. The second-order valence-electron chi connectivity index (χ2n) is 6.69. The van der Waals surface area contributed by atoms with Crippen LogP contribution in [0.15, 0.2) is 70.9 Å². The molecule has 1 aromatic heterocycles. The summed E-state index contributed by atoms with van der Waals surface area (Å²) in [5.41, 5.74) is 2.21. The van der Waals surface area contributed by atoms with E-state index in [2.05, 4.69) is 29.1 Å². The molecule has 2 N–H and O–H groups in total. The summed E-state index contributed by atoms with van der Waals surface area (Å²) in [6.07, 6.45) is 0.959. The topological polar surface area (TPSA) is 75.3 Å². The first-order valence-electron chi connectivity index (χ1n) is 9.56. The van der Waals surface area contributed by atoms with Gasteiger partial charge in [0.2, 0.25) is 15.9 Å². The minimum atomic E-state index is -3.78. The average Bonchev–Trinajstić information content (AvgIpc) is 3.27. The predicted octanol–water partition coefficient (Wildman–Crippen LogP) is 4.54. The van der Waals surface area contributed by atoms with E-state index >= 15 is 0 Å². The summed E-state index contributed by atoms with van der Waals surface area (Å²) in [6.45, 7) is 2.07. The molecule has 0 aliphatic carbocycles. The van der Waals surface area contributed by atoms with Crippen LogP contribution in [-0.4, -0.2) is 20.9 Å². The van der Waals surface area contributed by atoms with Crippen molar-refractivity contribution >= 4 is 38.9 Å². The van der Waals surface area contributed by atoms with Crippen LogP contribution in [0.4, 0.5) is 0 Å². The number of hydrogen-bond donors (Lipinski definition) is 2. The van der Waals surface area contributed by atoms with Crippen LogP contribution in [0.5, 0.6) is 0 Å². The Balaban J connectivity index is 1.64. The Bertz CT molecular complexity index is 1080. The lowest BCUT2D eigenvalue weighted by Gasteiger charge is -2.19. The van der Waals surface area contributed by atoms with Gasteiger partial charge in [-0.1, -0.05) is 61.0 Å². The summed E-state index contributed by atoms with van der Waals surface area (Å²) < 4.78 is 27.2. The molecule has 8 heteroatoms. The number of halogens is 1. The third-order valence-electron chi connectivity index (χ3n) is 4.62. The van der Waals surface area contributed by atoms with E-state index in [4.69, 9.17) is 11.6 Å². The second-order valence-corrected chi connectivity index (χ2v) is 9.81. The van der Waals surface area contributed by atoms with Gasteiger partial charge in [-0.15, -0.1) is 11.3 Å². The standard InChI is InChI=1S/C22H23ClN2O3S2/c1-2-16-9-11-17(12-10-16)22(19-7-5-15-29-19)25-21(26)13-14-24-30(27,28)20-8-4-3-6-18(20)23/h3-12,15,22,24H,2,13-14H2,1H3,(H,25,26). The molecular formula is C22H23ClN2O3S2. The van der Waals surface area contributed by atoms with E-state index < -0.39 is 10.0 Å². The predicted molar refractivity (Wildman–Crippen MR) is 121 cm³/mol. The molecule has 0 radical (unpaired) electrons. The third kappa shape index (κ3) is 5.70. The first kappa shape index (κ1) is 22.5. The lowest BCUT2D eigenvalue weighted by molar-refractivity contribution is -0.121. The van der Waals surface area contributed by atoms with Crippen molar-refractivity contribution in [2.24, 2.45) is 0 Å². The molecule has 158 valence electrons. The Labute approximate surface area is 186 Å². The maximum atomic E-state index is 12.6. The van der Waals surface area contributed by atoms with Gasteiger partial charge in [-0.2, -0.15) is 0 Å². The first-order valence-corrected chi connectivity index (χ1v) is 12.3. The molecule has 30 heavy (non-hydrogen) atoms. The maximum absolute atomic E-state index is 12.6. The molecule has 0 bridgehead atoms. The van der Waals surface area contributed by atoms with Crippen LogP contribution in [-0.2, 0) is 21.2 Å². The number of hydrogen-bond acceptors (Lipinski definition) is 4. The zero-order valence-corrected chi connectivity index (χ0v) is 18.9. The van der Waals surface area contributed by atoms with Crippen LogP contribution in [0, 0.1) is 0 Å². The van der Waals surface area contributed by atoms with E-state index in [0.717, 1.165) is 16.9 Å². The Morgan fingerprint density at radius 1 is 1.07 bits per heavy atom. The summed E-state index contributed by atoms with van der Waals surface area (Å²) >= 11 is 7.53. The lowest BCUT2D eigenvalue weighted by atomic mass is 10.0. The van der Waals surface area contributed by atoms with Gasteiger partial charge in [-0.25, -0.2) is 13.1 Å². The van der Waals surface area contributed by atoms with Crippen molar-refractivity contribution in [1.82, 2.24) is 10.0 Å². The van der Waals surface area contributed by atoms with Crippen LogP contribution >= 0.6 is 22.9 Å². The van der Waals surface area contributed by atoms with Gasteiger partial charge >= 0.3 is 0 Å². The molecule has 0 aliphatic heterocycles. The van der Waals surface area contributed by atoms with Crippen LogP contribution in [0.2, 0.25) is 5.02 Å². The Kier molecular flexibility index (Phi) is 7.66. The van der Waals surface area contributed by atoms with Gasteiger partial charge in [-0.3, -0.25) is 4.79 Å². The number of benzene rings is 2. The average molecular weight is 463 g/mol. The van der Waals surface area contributed by atoms with Crippen LogP contribution in [0.1, 0.15) is 35.4 Å². The van der Waals surface area contributed by atoms with Crippen molar-refractivity contribution in [1.29, 1.82) is 0 Å². The van der Waals surface area contributed by atoms with Crippen LogP contribution in [0.3, 0.4) is 0 Å². The molecule has 0 aliphatic rings. The van der Waals surface area contributed by atoms with Crippen molar-refractivity contribution in [2.75, 3.05) is 6.54 Å². The lowest BCUT2D eigenvalue weighted by Crippen LogP contribution is -2.33. The molecule has 1 amide bonds. The van der Waals surface area contributed by atoms with E-state index in [9.17, 15) is 13.2 Å². The molecule has 3 aromatic rings. The summed E-state index contributed by atoms with van der Waals surface area (Å²) in [5.74, 6) is -0.241. The minimum absolute atomic E-state index is 0.000416. The number of sulfonamides is 1. The molecule has 0 fully saturated rings. The van der Waals surface area contributed by atoms with E-state index in [1.807, 2.05) is 29.6 Å². The molecule has 1 unspecified atom stereocenters. The van der Waals surface area contributed by atoms with E-state index in [1.54, 1.807) is 23.5 Å². The van der Waals surface area contributed by atoms with Crippen molar-refractivity contribution < 1.29 is 13.2 Å². The highest BCUT2D eigenvalue weighted by atomic mass is 35.5. The molecule has 1 atom stereocenters. The van der Waals surface area contributed by atoms with Gasteiger partial charge < -0.3 is 5.32 Å². The van der Waals surface area contributed by atoms with Gasteiger partial charge in [0.15, 0.2) is 0 Å². The first-order chi connectivity index (χ1) is 14.4. The molecule has 0 saturated heterocycles. The van der Waals surface area contributed by atoms with Gasteiger partial charge in [0.05, 0.1) is 11.1 Å². The fourth-order valence-corrected chi connectivity index (χ4v) is 5.34. The van der Waals surface area contributed by atoms with Crippen LogP contribution < -0.4 is 10.0 Å². The normalized spacial score (nSPS) is 12.5. The Morgan fingerprint density at radius 3 is 2.43 bits per heavy atom. The number of rotatable bonds is 9. The minimum Gasteiger partial charge on any atom is -0.344 e. The zero-order valence-electron chi connectivity index (χ0n) is 16.5. The van der Waals surface area contributed by atoms with Crippen LogP contribution in [0.25, 0.3) is 0 Å². The molecular weight excluding hydrogens is 440 g/mol. The summed E-state index contributed by atoms with van der Waals surface area (Å²) in [5, 5.41) is 5.13. The van der Waals surface area contributed by atoms with E-state index in [0.29, 0.717) is 0 Å². The number of amides is 1. The summed E-state index contributed by atoms with van der Waals surface area (Å²) in [6, 6.07) is 18.0. The summed E-state index contributed by atoms with van der Waals surface area (Å²) in [7, 11) is -3.78. The highest BCUT2D eigenvalue weighted by Gasteiger charge is 2.20. The Morgan fingerprint density at radius 2 is 1.80 bits per heavy atom.